The topological polar surface area (TPSA) is 60.9 Å². The average Bonchev–Trinajstić information content (AvgIpc) is 2.30. The molecule has 0 spiro atoms. The van der Waals surface area contributed by atoms with Gasteiger partial charge in [0.2, 0.25) is 0 Å². The maximum absolute atomic E-state index is 10.8. The standard InChI is InChI=1S/C8H13N3O/c1-4-11-6(3)5(2)7(10-11)8(9)12/h4H2,1-3H3,(H2,9,12). The molecule has 0 aliphatic rings. The Morgan fingerprint density at radius 1 is 1.58 bits per heavy atom. The van der Waals surface area contributed by atoms with Crippen molar-refractivity contribution in [1.82, 2.24) is 9.78 Å². The highest BCUT2D eigenvalue weighted by molar-refractivity contribution is 5.92. The van der Waals surface area contributed by atoms with Crippen LogP contribution in [0.25, 0.3) is 0 Å². The Morgan fingerprint density at radius 2 is 2.17 bits per heavy atom. The number of rotatable bonds is 2. The molecule has 1 aromatic rings. The molecule has 0 unspecified atom stereocenters. The molecule has 0 radical (unpaired) electrons. The predicted molar refractivity (Wildman–Crippen MR) is 45.9 cm³/mol. The molecule has 0 bridgehead atoms. The van der Waals surface area contributed by atoms with Gasteiger partial charge in [0.25, 0.3) is 5.91 Å². The van der Waals surface area contributed by atoms with Crippen LogP contribution in [0.3, 0.4) is 0 Å². The summed E-state index contributed by atoms with van der Waals surface area (Å²) in [7, 11) is 0. The smallest absolute Gasteiger partial charge is 0.269 e. The van der Waals surface area contributed by atoms with Gasteiger partial charge >= 0.3 is 0 Å². The van der Waals surface area contributed by atoms with Crippen molar-refractivity contribution in [3.63, 3.8) is 0 Å². The predicted octanol–water partition coefficient (Wildman–Crippen LogP) is 0.619. The average molecular weight is 167 g/mol. The minimum absolute atomic E-state index is 0.384. The van der Waals surface area contributed by atoms with Crippen molar-refractivity contribution in [3.05, 3.63) is 17.0 Å². The molecular weight excluding hydrogens is 154 g/mol. The third kappa shape index (κ3) is 1.20. The van der Waals surface area contributed by atoms with E-state index in [1.807, 2.05) is 20.8 Å². The van der Waals surface area contributed by atoms with E-state index in [9.17, 15) is 4.79 Å². The second-order valence-electron chi connectivity index (χ2n) is 2.74. The van der Waals surface area contributed by atoms with Gasteiger partial charge in [0.15, 0.2) is 5.69 Å². The molecule has 0 aliphatic carbocycles. The molecule has 2 N–H and O–H groups in total. The van der Waals surface area contributed by atoms with E-state index < -0.39 is 5.91 Å². The monoisotopic (exact) mass is 167 g/mol. The molecule has 4 heteroatoms. The first-order chi connectivity index (χ1) is 5.57. The van der Waals surface area contributed by atoms with Crippen LogP contribution in [0.5, 0.6) is 0 Å². The number of nitrogens with zero attached hydrogens (tertiary/aromatic N) is 2. The van der Waals surface area contributed by atoms with Gasteiger partial charge in [-0.25, -0.2) is 0 Å². The fourth-order valence-corrected chi connectivity index (χ4v) is 1.18. The molecule has 0 aromatic carbocycles. The van der Waals surface area contributed by atoms with Crippen molar-refractivity contribution in [2.45, 2.75) is 27.3 Å². The van der Waals surface area contributed by atoms with E-state index in [0.29, 0.717) is 5.69 Å². The van der Waals surface area contributed by atoms with Crippen molar-refractivity contribution in [2.75, 3.05) is 0 Å². The number of primary amides is 1. The van der Waals surface area contributed by atoms with Gasteiger partial charge in [0.1, 0.15) is 0 Å². The maximum Gasteiger partial charge on any atom is 0.269 e. The summed E-state index contributed by atoms with van der Waals surface area (Å²) in [6.07, 6.45) is 0. The van der Waals surface area contributed by atoms with Gasteiger partial charge in [-0.3, -0.25) is 9.48 Å². The van der Waals surface area contributed by atoms with E-state index >= 15 is 0 Å². The molecule has 0 saturated carbocycles. The summed E-state index contributed by atoms with van der Waals surface area (Å²) in [4.78, 5) is 10.8. The van der Waals surface area contributed by atoms with Crippen molar-refractivity contribution < 1.29 is 4.79 Å². The van der Waals surface area contributed by atoms with Crippen molar-refractivity contribution in [1.29, 1.82) is 0 Å². The third-order valence-electron chi connectivity index (χ3n) is 2.04. The Hall–Kier alpha value is -1.32. The van der Waals surface area contributed by atoms with Gasteiger partial charge in [0.05, 0.1) is 0 Å². The lowest BCUT2D eigenvalue weighted by molar-refractivity contribution is 0.0994. The molecule has 1 amide bonds. The first-order valence-electron chi connectivity index (χ1n) is 3.91. The van der Waals surface area contributed by atoms with E-state index in [0.717, 1.165) is 17.8 Å². The summed E-state index contributed by atoms with van der Waals surface area (Å²) in [5.41, 5.74) is 7.41. The Morgan fingerprint density at radius 3 is 2.42 bits per heavy atom. The fraction of sp³-hybridized carbons (Fsp3) is 0.500. The van der Waals surface area contributed by atoms with Gasteiger partial charge < -0.3 is 5.73 Å². The first-order valence-corrected chi connectivity index (χ1v) is 3.91. The fourth-order valence-electron chi connectivity index (χ4n) is 1.18. The van der Waals surface area contributed by atoms with E-state index in [-0.39, 0.29) is 0 Å². The minimum atomic E-state index is -0.456. The second kappa shape index (κ2) is 2.97. The summed E-state index contributed by atoms with van der Waals surface area (Å²) < 4.78 is 1.77. The van der Waals surface area contributed by atoms with E-state index in [1.54, 1.807) is 4.68 Å². The van der Waals surface area contributed by atoms with Crippen molar-refractivity contribution in [3.8, 4) is 0 Å². The van der Waals surface area contributed by atoms with E-state index in [2.05, 4.69) is 5.10 Å². The van der Waals surface area contributed by atoms with Gasteiger partial charge in [-0.2, -0.15) is 5.10 Å². The normalized spacial score (nSPS) is 10.2. The highest BCUT2D eigenvalue weighted by atomic mass is 16.1. The number of hydrogen-bond donors (Lipinski definition) is 1. The molecular formula is C8H13N3O. The number of carbonyl (C=O) groups excluding carboxylic acids is 1. The summed E-state index contributed by atoms with van der Waals surface area (Å²) in [6, 6.07) is 0. The zero-order valence-corrected chi connectivity index (χ0v) is 7.59. The Labute approximate surface area is 71.4 Å². The summed E-state index contributed by atoms with van der Waals surface area (Å²) >= 11 is 0. The lowest BCUT2D eigenvalue weighted by Crippen LogP contribution is -2.13. The molecule has 1 rings (SSSR count). The van der Waals surface area contributed by atoms with Crippen LogP contribution >= 0.6 is 0 Å². The van der Waals surface area contributed by atoms with Crippen LogP contribution in [0, 0.1) is 13.8 Å². The van der Waals surface area contributed by atoms with Crippen LogP contribution in [-0.4, -0.2) is 15.7 Å². The summed E-state index contributed by atoms with van der Waals surface area (Å²) in [5.74, 6) is -0.456. The number of nitrogens with two attached hydrogens (primary N) is 1. The zero-order valence-electron chi connectivity index (χ0n) is 7.59. The van der Waals surface area contributed by atoms with Crippen LogP contribution in [0.1, 0.15) is 28.7 Å². The van der Waals surface area contributed by atoms with E-state index in [4.69, 9.17) is 5.73 Å². The highest BCUT2D eigenvalue weighted by Gasteiger charge is 2.13. The van der Waals surface area contributed by atoms with Crippen LogP contribution in [0.15, 0.2) is 0 Å². The molecule has 1 heterocycles. The van der Waals surface area contributed by atoms with Crippen LogP contribution in [0.4, 0.5) is 0 Å². The number of hydrogen-bond acceptors (Lipinski definition) is 2. The molecule has 0 atom stereocenters. The van der Waals surface area contributed by atoms with Gasteiger partial charge in [0, 0.05) is 17.8 Å². The van der Waals surface area contributed by atoms with Crippen molar-refractivity contribution in [2.24, 2.45) is 5.73 Å². The summed E-state index contributed by atoms with van der Waals surface area (Å²) in [5, 5.41) is 4.07. The Bertz CT molecular complexity index is 314. The molecule has 66 valence electrons. The Balaban J connectivity index is 3.25. The van der Waals surface area contributed by atoms with Crippen LogP contribution in [0.2, 0.25) is 0 Å². The van der Waals surface area contributed by atoms with Crippen molar-refractivity contribution >= 4 is 5.91 Å². The molecule has 0 aliphatic heterocycles. The first kappa shape index (κ1) is 8.77. The maximum atomic E-state index is 10.8. The zero-order chi connectivity index (χ0) is 9.30. The quantitative estimate of drug-likeness (QED) is 0.701. The second-order valence-corrected chi connectivity index (χ2v) is 2.74. The Kier molecular flexibility index (Phi) is 2.17. The molecule has 0 fully saturated rings. The number of aryl methyl sites for hydroxylation is 1. The number of aromatic nitrogens is 2. The van der Waals surface area contributed by atoms with Gasteiger partial charge in [-0.05, 0) is 20.8 Å². The third-order valence-corrected chi connectivity index (χ3v) is 2.04. The van der Waals surface area contributed by atoms with Crippen LogP contribution in [-0.2, 0) is 6.54 Å². The SMILES string of the molecule is CCn1nc(C(N)=O)c(C)c1C. The number of carbonyl (C=O) groups is 1. The van der Waals surface area contributed by atoms with Gasteiger partial charge in [-0.1, -0.05) is 0 Å². The minimum Gasteiger partial charge on any atom is -0.364 e. The molecule has 0 saturated heterocycles. The number of amides is 1. The largest absolute Gasteiger partial charge is 0.364 e. The molecule has 12 heavy (non-hydrogen) atoms. The lowest BCUT2D eigenvalue weighted by atomic mass is 10.2. The molecule has 1 aromatic heterocycles. The van der Waals surface area contributed by atoms with E-state index in [1.165, 1.54) is 0 Å². The molecule has 4 nitrogen and oxygen atoms in total. The van der Waals surface area contributed by atoms with Crippen LogP contribution < -0.4 is 5.73 Å². The highest BCUT2D eigenvalue weighted by Crippen LogP contribution is 2.10. The lowest BCUT2D eigenvalue weighted by Gasteiger charge is -1.96. The summed E-state index contributed by atoms with van der Waals surface area (Å²) in [6.45, 7) is 6.52. The van der Waals surface area contributed by atoms with Gasteiger partial charge in [-0.15, -0.1) is 0 Å².